The standard InChI is InChI=1S/C11H24N4OS/c1-7(2)10(16)9(15-8(3)17)5-4-6-14-11(12)13/h7-9,15,17H,4-6H2,1-3H3,(H4,12,13,14). The van der Waals surface area contributed by atoms with Crippen LogP contribution < -0.4 is 16.8 Å². The van der Waals surface area contributed by atoms with Crippen molar-refractivity contribution in [2.45, 2.75) is 45.0 Å². The molecule has 5 nitrogen and oxygen atoms in total. The molecule has 0 fully saturated rings. The van der Waals surface area contributed by atoms with E-state index in [4.69, 9.17) is 11.5 Å². The van der Waals surface area contributed by atoms with E-state index >= 15 is 0 Å². The average molecular weight is 260 g/mol. The second-order valence-electron chi connectivity index (χ2n) is 4.40. The summed E-state index contributed by atoms with van der Waals surface area (Å²) in [5.41, 5.74) is 10.5. The van der Waals surface area contributed by atoms with E-state index in [1.165, 1.54) is 0 Å². The van der Waals surface area contributed by atoms with Gasteiger partial charge in [0.25, 0.3) is 0 Å². The zero-order chi connectivity index (χ0) is 13.4. The van der Waals surface area contributed by atoms with Crippen molar-refractivity contribution in [1.29, 1.82) is 0 Å². The SMILES string of the molecule is CC(S)NC(CCCN=C(N)N)C(=O)C(C)C. The van der Waals surface area contributed by atoms with Gasteiger partial charge >= 0.3 is 0 Å². The van der Waals surface area contributed by atoms with E-state index in [2.05, 4.69) is 22.9 Å². The van der Waals surface area contributed by atoms with Crippen LogP contribution in [0.2, 0.25) is 0 Å². The number of nitrogens with two attached hydrogens (primary N) is 2. The second kappa shape index (κ2) is 8.36. The Morgan fingerprint density at radius 3 is 2.35 bits per heavy atom. The van der Waals surface area contributed by atoms with Crippen molar-refractivity contribution < 1.29 is 4.79 Å². The number of nitrogens with one attached hydrogen (secondary N) is 1. The molecule has 0 aromatic rings. The minimum Gasteiger partial charge on any atom is -0.370 e. The summed E-state index contributed by atoms with van der Waals surface area (Å²) in [6.45, 7) is 6.25. The monoisotopic (exact) mass is 260 g/mol. The predicted molar refractivity (Wildman–Crippen MR) is 75.1 cm³/mol. The first-order valence-electron chi connectivity index (χ1n) is 5.87. The first kappa shape index (κ1) is 16.2. The Labute approximate surface area is 109 Å². The lowest BCUT2D eigenvalue weighted by Gasteiger charge is -2.21. The quantitative estimate of drug-likeness (QED) is 0.168. The molecule has 100 valence electrons. The van der Waals surface area contributed by atoms with Crippen molar-refractivity contribution in [2.75, 3.05) is 6.54 Å². The fourth-order valence-corrected chi connectivity index (χ4v) is 1.68. The molecular formula is C11H24N4OS. The molecule has 2 unspecified atom stereocenters. The molecule has 0 saturated carbocycles. The fraction of sp³-hybridized carbons (Fsp3) is 0.818. The van der Waals surface area contributed by atoms with Crippen LogP contribution in [-0.2, 0) is 4.79 Å². The molecule has 0 aromatic heterocycles. The number of carbonyl (C=O) groups excluding carboxylic acids is 1. The van der Waals surface area contributed by atoms with Gasteiger partial charge in [0.2, 0.25) is 0 Å². The molecule has 5 N–H and O–H groups in total. The third kappa shape index (κ3) is 8.04. The Morgan fingerprint density at radius 1 is 1.35 bits per heavy atom. The summed E-state index contributed by atoms with van der Waals surface area (Å²) in [5.74, 6) is 0.311. The number of hydrogen-bond acceptors (Lipinski definition) is 4. The van der Waals surface area contributed by atoms with E-state index in [1.54, 1.807) is 0 Å². The van der Waals surface area contributed by atoms with Crippen LogP contribution in [0, 0.1) is 5.92 Å². The first-order valence-corrected chi connectivity index (χ1v) is 6.39. The van der Waals surface area contributed by atoms with Crippen LogP contribution in [0.3, 0.4) is 0 Å². The van der Waals surface area contributed by atoms with Crippen LogP contribution in [0.15, 0.2) is 4.99 Å². The topological polar surface area (TPSA) is 93.5 Å². The van der Waals surface area contributed by atoms with Crippen molar-refractivity contribution in [3.05, 3.63) is 0 Å². The summed E-state index contributed by atoms with van der Waals surface area (Å²) in [7, 11) is 0. The number of carbonyl (C=O) groups is 1. The van der Waals surface area contributed by atoms with Crippen molar-refractivity contribution in [2.24, 2.45) is 22.4 Å². The lowest BCUT2D eigenvalue weighted by Crippen LogP contribution is -2.42. The Balaban J connectivity index is 4.20. The average Bonchev–Trinajstić information content (AvgIpc) is 2.20. The Kier molecular flexibility index (Phi) is 7.99. The normalized spacial score (nSPS) is 14.4. The fourth-order valence-electron chi connectivity index (χ4n) is 1.50. The third-order valence-corrected chi connectivity index (χ3v) is 2.45. The molecular weight excluding hydrogens is 236 g/mol. The maximum Gasteiger partial charge on any atom is 0.185 e. The molecule has 0 aliphatic heterocycles. The largest absolute Gasteiger partial charge is 0.370 e. The number of hydrogen-bond donors (Lipinski definition) is 4. The predicted octanol–water partition coefficient (Wildman–Crippen LogP) is 0.499. The highest BCUT2D eigenvalue weighted by Gasteiger charge is 2.21. The highest BCUT2D eigenvalue weighted by atomic mass is 32.1. The van der Waals surface area contributed by atoms with Crippen LogP contribution >= 0.6 is 12.6 Å². The molecule has 6 heteroatoms. The van der Waals surface area contributed by atoms with Gasteiger partial charge in [0.05, 0.1) is 6.04 Å². The van der Waals surface area contributed by atoms with E-state index in [9.17, 15) is 4.79 Å². The molecule has 0 radical (unpaired) electrons. The van der Waals surface area contributed by atoms with Gasteiger partial charge in [-0.15, -0.1) is 0 Å². The van der Waals surface area contributed by atoms with Gasteiger partial charge in [0.15, 0.2) is 11.7 Å². The van der Waals surface area contributed by atoms with E-state index in [0.717, 1.165) is 12.8 Å². The highest BCUT2D eigenvalue weighted by molar-refractivity contribution is 7.80. The number of thiol groups is 1. The Bertz CT molecular complexity index is 262. The summed E-state index contributed by atoms with van der Waals surface area (Å²) in [5, 5.41) is 3.14. The zero-order valence-electron chi connectivity index (χ0n) is 10.8. The molecule has 0 aliphatic rings. The lowest BCUT2D eigenvalue weighted by atomic mass is 9.98. The van der Waals surface area contributed by atoms with E-state index < -0.39 is 0 Å². The van der Waals surface area contributed by atoms with Crippen molar-refractivity contribution >= 4 is 24.4 Å². The summed E-state index contributed by atoms with van der Waals surface area (Å²) in [6.07, 6.45) is 1.49. The van der Waals surface area contributed by atoms with Crippen molar-refractivity contribution in [3.63, 3.8) is 0 Å². The maximum absolute atomic E-state index is 11.9. The highest BCUT2D eigenvalue weighted by Crippen LogP contribution is 2.08. The Morgan fingerprint density at radius 2 is 1.94 bits per heavy atom. The second-order valence-corrected chi connectivity index (χ2v) is 5.18. The molecule has 0 aromatic carbocycles. The number of nitrogens with zero attached hydrogens (tertiary/aromatic N) is 1. The summed E-state index contributed by atoms with van der Waals surface area (Å²) in [6, 6.07) is -0.170. The van der Waals surface area contributed by atoms with Crippen LogP contribution in [0.5, 0.6) is 0 Å². The lowest BCUT2D eigenvalue weighted by molar-refractivity contribution is -0.124. The number of aliphatic imine (C=N–C) groups is 1. The van der Waals surface area contributed by atoms with Gasteiger partial charge in [-0.2, -0.15) is 12.6 Å². The van der Waals surface area contributed by atoms with Gasteiger partial charge < -0.3 is 11.5 Å². The van der Waals surface area contributed by atoms with Crippen LogP contribution in [0.25, 0.3) is 0 Å². The molecule has 0 heterocycles. The first-order chi connectivity index (χ1) is 7.84. The third-order valence-electron chi connectivity index (χ3n) is 2.30. The molecule has 17 heavy (non-hydrogen) atoms. The summed E-state index contributed by atoms with van der Waals surface area (Å²) < 4.78 is 0. The minimum atomic E-state index is -0.170. The van der Waals surface area contributed by atoms with E-state index in [-0.39, 0.29) is 29.1 Å². The molecule has 2 atom stereocenters. The molecule has 0 bridgehead atoms. The molecule has 0 aliphatic carbocycles. The molecule has 0 saturated heterocycles. The summed E-state index contributed by atoms with van der Waals surface area (Å²) in [4.78, 5) is 15.8. The van der Waals surface area contributed by atoms with Crippen LogP contribution in [0.4, 0.5) is 0 Å². The number of rotatable bonds is 8. The molecule has 0 rings (SSSR count). The number of Topliss-reactive ketones (excluding diaryl/α,β-unsaturated/α-hetero) is 1. The van der Waals surface area contributed by atoms with Crippen molar-refractivity contribution in [3.8, 4) is 0 Å². The van der Waals surface area contributed by atoms with Gasteiger partial charge in [-0.25, -0.2) is 0 Å². The molecule has 0 spiro atoms. The van der Waals surface area contributed by atoms with Gasteiger partial charge in [-0.3, -0.25) is 15.1 Å². The summed E-state index contributed by atoms with van der Waals surface area (Å²) >= 11 is 4.25. The van der Waals surface area contributed by atoms with Gasteiger partial charge in [0, 0.05) is 17.8 Å². The van der Waals surface area contributed by atoms with E-state index in [0.29, 0.717) is 6.54 Å². The number of guanidine groups is 1. The van der Waals surface area contributed by atoms with Gasteiger partial charge in [-0.1, -0.05) is 13.8 Å². The van der Waals surface area contributed by atoms with E-state index in [1.807, 2.05) is 20.8 Å². The van der Waals surface area contributed by atoms with Crippen LogP contribution in [0.1, 0.15) is 33.6 Å². The number of ketones is 1. The smallest absolute Gasteiger partial charge is 0.185 e. The van der Waals surface area contributed by atoms with Gasteiger partial charge in [-0.05, 0) is 19.8 Å². The maximum atomic E-state index is 11.9. The van der Waals surface area contributed by atoms with Crippen molar-refractivity contribution in [1.82, 2.24) is 5.32 Å². The zero-order valence-corrected chi connectivity index (χ0v) is 11.7. The Hall–Kier alpha value is -0.750. The molecule has 0 amide bonds. The minimum absolute atomic E-state index is 0.00854. The van der Waals surface area contributed by atoms with Gasteiger partial charge in [0.1, 0.15) is 0 Å². The van der Waals surface area contributed by atoms with Crippen LogP contribution in [-0.4, -0.2) is 29.7 Å².